The van der Waals surface area contributed by atoms with E-state index in [4.69, 9.17) is 5.11 Å². The fourth-order valence-corrected chi connectivity index (χ4v) is 2.68. The number of carbonyl (C=O) groups is 1. The van der Waals surface area contributed by atoms with Crippen molar-refractivity contribution in [3.8, 4) is 0 Å². The Morgan fingerprint density at radius 2 is 1.90 bits per heavy atom. The average Bonchev–Trinajstić information content (AvgIpc) is 2.40. The van der Waals surface area contributed by atoms with Crippen LogP contribution in [0.4, 0.5) is 5.69 Å². The van der Waals surface area contributed by atoms with Crippen LogP contribution in [0.5, 0.6) is 0 Å². The topological polar surface area (TPSA) is 74.7 Å². The van der Waals surface area contributed by atoms with Gasteiger partial charge in [0.05, 0.1) is 12.2 Å². The molecule has 0 atom stereocenters. The summed E-state index contributed by atoms with van der Waals surface area (Å²) in [6, 6.07) is 7.58. The van der Waals surface area contributed by atoms with Crippen molar-refractivity contribution in [3.63, 3.8) is 0 Å². The Morgan fingerprint density at radius 3 is 2.45 bits per heavy atom. The van der Waals surface area contributed by atoms with E-state index in [9.17, 15) is 13.2 Å². The number of hydrogen-bond donors (Lipinski definition) is 1. The van der Waals surface area contributed by atoms with Gasteiger partial charge in [0.2, 0.25) is 0 Å². The lowest BCUT2D eigenvalue weighted by atomic mass is 10.1. The maximum atomic E-state index is 11.6. The predicted molar refractivity (Wildman–Crippen MR) is 80.0 cm³/mol. The van der Waals surface area contributed by atoms with Gasteiger partial charge in [-0.25, -0.2) is 8.42 Å². The number of sulfone groups is 1. The number of anilines is 1. The standard InChI is InChI=1S/C14H21NO4S/c1-3-20(18,19)11-10-15(9-8-14(16)17)13-7-5-4-6-12(13)2/h4-7H,3,8-11H2,1-2H3,(H,16,17). The molecule has 0 bridgehead atoms. The maximum absolute atomic E-state index is 11.6. The number of aliphatic carboxylic acids is 1. The fraction of sp³-hybridized carbons (Fsp3) is 0.500. The number of benzene rings is 1. The van der Waals surface area contributed by atoms with E-state index in [-0.39, 0.29) is 17.9 Å². The van der Waals surface area contributed by atoms with Gasteiger partial charge in [0.1, 0.15) is 0 Å². The Hall–Kier alpha value is -1.56. The summed E-state index contributed by atoms with van der Waals surface area (Å²) in [6.07, 6.45) is -0.0134. The predicted octanol–water partition coefficient (Wildman–Crippen LogP) is 1.71. The summed E-state index contributed by atoms with van der Waals surface area (Å²) in [7, 11) is -3.06. The van der Waals surface area contributed by atoms with Crippen LogP contribution in [0.3, 0.4) is 0 Å². The van der Waals surface area contributed by atoms with Gasteiger partial charge in [-0.15, -0.1) is 0 Å². The molecule has 6 heteroatoms. The van der Waals surface area contributed by atoms with E-state index in [1.165, 1.54) is 0 Å². The van der Waals surface area contributed by atoms with Gasteiger partial charge in [0.15, 0.2) is 9.84 Å². The van der Waals surface area contributed by atoms with Crippen LogP contribution < -0.4 is 4.90 Å². The van der Waals surface area contributed by atoms with E-state index in [0.29, 0.717) is 13.1 Å². The number of rotatable bonds is 8. The Balaban J connectivity index is 2.86. The van der Waals surface area contributed by atoms with Crippen molar-refractivity contribution in [1.82, 2.24) is 0 Å². The first-order valence-corrected chi connectivity index (χ1v) is 8.40. The van der Waals surface area contributed by atoms with Crippen molar-refractivity contribution in [2.45, 2.75) is 20.3 Å². The summed E-state index contributed by atoms with van der Waals surface area (Å²) >= 11 is 0. The molecular weight excluding hydrogens is 278 g/mol. The molecule has 1 N–H and O–H groups in total. The third-order valence-corrected chi connectivity index (χ3v) is 4.85. The zero-order valence-electron chi connectivity index (χ0n) is 11.9. The molecule has 0 fully saturated rings. The molecule has 0 aromatic heterocycles. The smallest absolute Gasteiger partial charge is 0.305 e. The van der Waals surface area contributed by atoms with E-state index in [1.54, 1.807) is 6.92 Å². The summed E-state index contributed by atoms with van der Waals surface area (Å²) < 4.78 is 23.2. The van der Waals surface area contributed by atoms with Crippen LogP contribution in [0.2, 0.25) is 0 Å². The third kappa shape index (κ3) is 5.21. The monoisotopic (exact) mass is 299 g/mol. The summed E-state index contributed by atoms with van der Waals surface area (Å²) in [5.41, 5.74) is 1.90. The molecule has 5 nitrogen and oxygen atoms in total. The van der Waals surface area contributed by atoms with Crippen LogP contribution in [0.1, 0.15) is 18.9 Å². The first-order valence-electron chi connectivity index (χ1n) is 6.58. The highest BCUT2D eigenvalue weighted by Crippen LogP contribution is 2.19. The van der Waals surface area contributed by atoms with Crippen LogP contribution in [0.25, 0.3) is 0 Å². The third-order valence-electron chi connectivity index (χ3n) is 3.16. The molecule has 1 aromatic rings. The van der Waals surface area contributed by atoms with Crippen LogP contribution in [-0.2, 0) is 14.6 Å². The quantitative estimate of drug-likeness (QED) is 0.791. The lowest BCUT2D eigenvalue weighted by molar-refractivity contribution is -0.136. The normalized spacial score (nSPS) is 11.3. The molecule has 0 saturated heterocycles. The highest BCUT2D eigenvalue weighted by Gasteiger charge is 2.14. The minimum Gasteiger partial charge on any atom is -0.481 e. The minimum absolute atomic E-state index is 0.0134. The zero-order chi connectivity index (χ0) is 15.2. The number of carboxylic acids is 1. The van der Waals surface area contributed by atoms with Crippen molar-refractivity contribution < 1.29 is 18.3 Å². The van der Waals surface area contributed by atoms with Gasteiger partial charge in [-0.05, 0) is 18.6 Å². The Bertz CT molecular complexity index is 554. The fourth-order valence-electron chi connectivity index (χ4n) is 1.90. The first-order chi connectivity index (χ1) is 9.35. The van der Waals surface area contributed by atoms with E-state index in [2.05, 4.69) is 0 Å². The average molecular weight is 299 g/mol. The summed E-state index contributed by atoms with van der Waals surface area (Å²) in [5, 5.41) is 8.81. The Morgan fingerprint density at radius 1 is 1.25 bits per heavy atom. The lowest BCUT2D eigenvalue weighted by Crippen LogP contribution is -2.32. The molecule has 0 aliphatic carbocycles. The number of nitrogens with zero attached hydrogens (tertiary/aromatic N) is 1. The second-order valence-electron chi connectivity index (χ2n) is 4.65. The molecule has 0 spiro atoms. The second-order valence-corrected chi connectivity index (χ2v) is 7.13. The van der Waals surface area contributed by atoms with Gasteiger partial charge in [0.25, 0.3) is 0 Å². The minimum atomic E-state index is -3.06. The molecule has 20 heavy (non-hydrogen) atoms. The maximum Gasteiger partial charge on any atom is 0.305 e. The van der Waals surface area contributed by atoms with Crippen molar-refractivity contribution in [3.05, 3.63) is 29.8 Å². The van der Waals surface area contributed by atoms with Crippen LogP contribution in [0.15, 0.2) is 24.3 Å². The molecular formula is C14H21NO4S. The van der Waals surface area contributed by atoms with Crippen LogP contribution in [-0.4, -0.2) is 44.1 Å². The largest absolute Gasteiger partial charge is 0.481 e. The van der Waals surface area contributed by atoms with Gasteiger partial charge in [-0.1, -0.05) is 25.1 Å². The van der Waals surface area contributed by atoms with E-state index < -0.39 is 15.8 Å². The molecule has 1 rings (SSSR count). The van der Waals surface area contributed by atoms with Crippen molar-refractivity contribution >= 4 is 21.5 Å². The Kier molecular flexibility index (Phi) is 6.01. The number of carboxylic acid groups (broad SMARTS) is 1. The molecule has 0 unspecified atom stereocenters. The van der Waals surface area contributed by atoms with Crippen molar-refractivity contribution in [1.29, 1.82) is 0 Å². The van der Waals surface area contributed by atoms with Crippen molar-refractivity contribution in [2.24, 2.45) is 0 Å². The summed E-state index contributed by atoms with van der Waals surface area (Å²) in [6.45, 7) is 4.16. The van der Waals surface area contributed by atoms with E-state index >= 15 is 0 Å². The molecule has 0 aliphatic heterocycles. The zero-order valence-corrected chi connectivity index (χ0v) is 12.7. The number of para-hydroxylation sites is 1. The van der Waals surface area contributed by atoms with Gasteiger partial charge < -0.3 is 10.0 Å². The van der Waals surface area contributed by atoms with Gasteiger partial charge >= 0.3 is 5.97 Å². The summed E-state index contributed by atoms with van der Waals surface area (Å²) in [5.74, 6) is -0.743. The number of hydrogen-bond acceptors (Lipinski definition) is 4. The molecule has 1 aromatic carbocycles. The van der Waals surface area contributed by atoms with Crippen LogP contribution >= 0.6 is 0 Å². The molecule has 0 aliphatic rings. The summed E-state index contributed by atoms with van der Waals surface area (Å²) in [4.78, 5) is 12.6. The van der Waals surface area contributed by atoms with E-state index in [1.807, 2.05) is 36.1 Å². The van der Waals surface area contributed by atoms with E-state index in [0.717, 1.165) is 11.3 Å². The number of aryl methyl sites for hydroxylation is 1. The second kappa shape index (κ2) is 7.28. The molecule has 0 radical (unpaired) electrons. The Labute approximate surface area is 120 Å². The van der Waals surface area contributed by atoms with Gasteiger partial charge in [-0.2, -0.15) is 0 Å². The highest BCUT2D eigenvalue weighted by molar-refractivity contribution is 7.91. The molecule has 0 saturated carbocycles. The molecule has 0 amide bonds. The molecule has 0 heterocycles. The van der Waals surface area contributed by atoms with Gasteiger partial charge in [0, 0.05) is 24.5 Å². The van der Waals surface area contributed by atoms with Crippen LogP contribution in [0, 0.1) is 6.92 Å². The lowest BCUT2D eigenvalue weighted by Gasteiger charge is -2.25. The SMILES string of the molecule is CCS(=O)(=O)CCN(CCC(=O)O)c1ccccc1C. The van der Waals surface area contributed by atoms with Gasteiger partial charge in [-0.3, -0.25) is 4.79 Å². The molecule has 112 valence electrons. The highest BCUT2D eigenvalue weighted by atomic mass is 32.2. The van der Waals surface area contributed by atoms with Crippen molar-refractivity contribution in [2.75, 3.05) is 29.5 Å². The first kappa shape index (κ1) is 16.5.